The second-order valence-electron chi connectivity index (χ2n) is 6.22. The predicted molar refractivity (Wildman–Crippen MR) is 75.8 cm³/mol. The average molecular weight is 254 g/mol. The van der Waals surface area contributed by atoms with Crippen LogP contribution in [0.5, 0.6) is 0 Å². The standard InChI is InChI=1S/C15H30N2O/c1-16-15(14-5-3-4-6-14)11-17(2)9-10-18-12-13-7-8-13/h13-16H,3-12H2,1-2H3. The van der Waals surface area contributed by atoms with Gasteiger partial charge in [-0.3, -0.25) is 0 Å². The quantitative estimate of drug-likeness (QED) is 0.638. The predicted octanol–water partition coefficient (Wildman–Crippen LogP) is 2.12. The highest BCUT2D eigenvalue weighted by Gasteiger charge is 2.24. The number of likely N-dealkylation sites (N-methyl/N-ethyl adjacent to an activating group) is 2. The number of nitrogens with one attached hydrogen (secondary N) is 1. The van der Waals surface area contributed by atoms with Crippen molar-refractivity contribution in [3.8, 4) is 0 Å². The summed E-state index contributed by atoms with van der Waals surface area (Å²) in [6.07, 6.45) is 8.46. The van der Waals surface area contributed by atoms with Crippen molar-refractivity contribution in [2.45, 2.75) is 44.6 Å². The summed E-state index contributed by atoms with van der Waals surface area (Å²) in [7, 11) is 4.33. The average Bonchev–Trinajstić information content (AvgIpc) is 3.04. The van der Waals surface area contributed by atoms with Crippen LogP contribution in [0, 0.1) is 11.8 Å². The van der Waals surface area contributed by atoms with Crippen molar-refractivity contribution in [3.05, 3.63) is 0 Å². The molecule has 2 aliphatic rings. The van der Waals surface area contributed by atoms with Crippen molar-refractivity contribution in [1.29, 1.82) is 0 Å². The highest BCUT2D eigenvalue weighted by molar-refractivity contribution is 4.81. The van der Waals surface area contributed by atoms with Crippen molar-refractivity contribution in [2.75, 3.05) is 40.4 Å². The van der Waals surface area contributed by atoms with Gasteiger partial charge in [-0.1, -0.05) is 12.8 Å². The lowest BCUT2D eigenvalue weighted by Crippen LogP contribution is -2.43. The Morgan fingerprint density at radius 3 is 2.56 bits per heavy atom. The van der Waals surface area contributed by atoms with Gasteiger partial charge >= 0.3 is 0 Å². The Bertz CT molecular complexity index is 225. The highest BCUT2D eigenvalue weighted by Crippen LogP contribution is 2.29. The summed E-state index contributed by atoms with van der Waals surface area (Å²) >= 11 is 0. The van der Waals surface area contributed by atoms with Crippen LogP contribution in [0.15, 0.2) is 0 Å². The fourth-order valence-corrected chi connectivity index (χ4v) is 3.02. The third kappa shape index (κ3) is 4.87. The number of hydrogen-bond donors (Lipinski definition) is 1. The largest absolute Gasteiger partial charge is 0.380 e. The zero-order valence-corrected chi connectivity index (χ0v) is 12.2. The third-order valence-corrected chi connectivity index (χ3v) is 4.52. The molecule has 3 heteroatoms. The first-order valence-corrected chi connectivity index (χ1v) is 7.73. The Morgan fingerprint density at radius 1 is 1.22 bits per heavy atom. The molecule has 0 aromatic heterocycles. The van der Waals surface area contributed by atoms with Crippen LogP contribution in [0.2, 0.25) is 0 Å². The van der Waals surface area contributed by atoms with Crippen molar-refractivity contribution < 1.29 is 4.74 Å². The van der Waals surface area contributed by atoms with E-state index < -0.39 is 0 Å². The lowest BCUT2D eigenvalue weighted by atomic mass is 9.98. The van der Waals surface area contributed by atoms with Crippen molar-refractivity contribution in [3.63, 3.8) is 0 Å². The summed E-state index contributed by atoms with van der Waals surface area (Å²) in [4.78, 5) is 2.42. The molecule has 1 unspecified atom stereocenters. The van der Waals surface area contributed by atoms with E-state index in [4.69, 9.17) is 4.74 Å². The van der Waals surface area contributed by atoms with Crippen LogP contribution in [-0.4, -0.2) is 51.3 Å². The van der Waals surface area contributed by atoms with Gasteiger partial charge in [0.05, 0.1) is 6.61 Å². The molecule has 106 valence electrons. The Labute approximate surface area is 112 Å². The number of rotatable bonds is 9. The molecule has 2 aliphatic carbocycles. The summed E-state index contributed by atoms with van der Waals surface area (Å²) < 4.78 is 5.71. The lowest BCUT2D eigenvalue weighted by Gasteiger charge is -2.28. The molecular weight excluding hydrogens is 224 g/mol. The second-order valence-corrected chi connectivity index (χ2v) is 6.22. The zero-order valence-electron chi connectivity index (χ0n) is 12.2. The molecule has 2 rings (SSSR count). The summed E-state index contributed by atoms with van der Waals surface area (Å²) in [6, 6.07) is 0.668. The van der Waals surface area contributed by atoms with E-state index >= 15 is 0 Å². The summed E-state index contributed by atoms with van der Waals surface area (Å²) in [5.74, 6) is 1.78. The molecule has 0 aromatic rings. The van der Waals surface area contributed by atoms with E-state index in [0.29, 0.717) is 6.04 Å². The fourth-order valence-electron chi connectivity index (χ4n) is 3.02. The van der Waals surface area contributed by atoms with Gasteiger partial charge in [0.2, 0.25) is 0 Å². The molecule has 0 aliphatic heterocycles. The molecule has 0 bridgehead atoms. The van der Waals surface area contributed by atoms with Gasteiger partial charge in [0.25, 0.3) is 0 Å². The molecule has 1 N–H and O–H groups in total. The van der Waals surface area contributed by atoms with Gasteiger partial charge in [0.15, 0.2) is 0 Å². The van der Waals surface area contributed by atoms with E-state index in [9.17, 15) is 0 Å². The minimum Gasteiger partial charge on any atom is -0.380 e. The van der Waals surface area contributed by atoms with E-state index in [0.717, 1.165) is 38.1 Å². The maximum Gasteiger partial charge on any atom is 0.0593 e. The molecule has 0 radical (unpaired) electrons. The van der Waals surface area contributed by atoms with Gasteiger partial charge in [-0.15, -0.1) is 0 Å². The minimum atomic E-state index is 0.668. The Balaban J connectivity index is 1.56. The minimum absolute atomic E-state index is 0.668. The van der Waals surface area contributed by atoms with Crippen LogP contribution in [0.25, 0.3) is 0 Å². The molecular formula is C15H30N2O. The van der Waals surface area contributed by atoms with Crippen LogP contribution in [0.1, 0.15) is 38.5 Å². The highest BCUT2D eigenvalue weighted by atomic mass is 16.5. The monoisotopic (exact) mass is 254 g/mol. The fraction of sp³-hybridized carbons (Fsp3) is 1.00. The first-order valence-electron chi connectivity index (χ1n) is 7.73. The van der Waals surface area contributed by atoms with Crippen molar-refractivity contribution >= 4 is 0 Å². The van der Waals surface area contributed by atoms with Crippen molar-refractivity contribution in [1.82, 2.24) is 10.2 Å². The first-order chi connectivity index (χ1) is 8.79. The Kier molecular flexibility index (Phi) is 5.93. The maximum absolute atomic E-state index is 5.71. The van der Waals surface area contributed by atoms with Crippen LogP contribution < -0.4 is 5.32 Å². The Hall–Kier alpha value is -0.120. The van der Waals surface area contributed by atoms with E-state index in [1.54, 1.807) is 0 Å². The zero-order chi connectivity index (χ0) is 12.8. The normalized spacial score (nSPS) is 22.8. The van der Waals surface area contributed by atoms with Crippen LogP contribution in [0.4, 0.5) is 0 Å². The number of nitrogens with zero attached hydrogens (tertiary/aromatic N) is 1. The van der Waals surface area contributed by atoms with E-state index in [1.165, 1.54) is 38.5 Å². The number of ether oxygens (including phenoxy) is 1. The van der Waals surface area contributed by atoms with Gasteiger partial charge in [-0.05, 0) is 51.6 Å². The molecule has 2 saturated carbocycles. The summed E-state index contributed by atoms with van der Waals surface area (Å²) in [5.41, 5.74) is 0. The molecule has 0 heterocycles. The smallest absolute Gasteiger partial charge is 0.0593 e. The molecule has 0 amide bonds. The van der Waals surface area contributed by atoms with Gasteiger partial charge < -0.3 is 15.0 Å². The first kappa shape index (κ1) is 14.3. The van der Waals surface area contributed by atoms with Gasteiger partial charge in [0.1, 0.15) is 0 Å². The van der Waals surface area contributed by atoms with Crippen molar-refractivity contribution in [2.24, 2.45) is 11.8 Å². The van der Waals surface area contributed by atoms with Crippen LogP contribution in [-0.2, 0) is 4.74 Å². The number of hydrogen-bond acceptors (Lipinski definition) is 3. The van der Waals surface area contributed by atoms with Gasteiger partial charge in [-0.25, -0.2) is 0 Å². The van der Waals surface area contributed by atoms with Gasteiger partial charge in [0, 0.05) is 25.7 Å². The van der Waals surface area contributed by atoms with E-state index in [2.05, 4.69) is 24.3 Å². The molecule has 2 fully saturated rings. The van der Waals surface area contributed by atoms with Crippen LogP contribution >= 0.6 is 0 Å². The Morgan fingerprint density at radius 2 is 1.94 bits per heavy atom. The summed E-state index contributed by atoms with van der Waals surface area (Å²) in [6.45, 7) is 4.12. The van der Waals surface area contributed by atoms with E-state index in [1.807, 2.05) is 0 Å². The van der Waals surface area contributed by atoms with Crippen LogP contribution in [0.3, 0.4) is 0 Å². The summed E-state index contributed by atoms with van der Waals surface area (Å²) in [5, 5.41) is 3.51. The molecule has 18 heavy (non-hydrogen) atoms. The SMILES string of the molecule is CNC(CN(C)CCOCC1CC1)C1CCCC1. The lowest BCUT2D eigenvalue weighted by molar-refractivity contribution is 0.0985. The molecule has 0 aromatic carbocycles. The second kappa shape index (κ2) is 7.46. The maximum atomic E-state index is 5.71. The van der Waals surface area contributed by atoms with E-state index in [-0.39, 0.29) is 0 Å². The molecule has 0 spiro atoms. The molecule has 0 saturated heterocycles. The molecule has 1 atom stereocenters. The topological polar surface area (TPSA) is 24.5 Å². The molecule has 3 nitrogen and oxygen atoms in total. The van der Waals surface area contributed by atoms with Gasteiger partial charge in [-0.2, -0.15) is 0 Å². The third-order valence-electron chi connectivity index (χ3n) is 4.52.